The van der Waals surface area contributed by atoms with Crippen LogP contribution in [0.15, 0.2) is 41.3 Å². The number of hydrogen-bond donors (Lipinski definition) is 1. The Morgan fingerprint density at radius 2 is 1.86 bits per heavy atom. The molecule has 0 aliphatic carbocycles. The summed E-state index contributed by atoms with van der Waals surface area (Å²) in [4.78, 5) is 12.5. The lowest BCUT2D eigenvalue weighted by Crippen LogP contribution is -2.27. The van der Waals surface area contributed by atoms with Crippen molar-refractivity contribution >= 4 is 15.9 Å². The first-order chi connectivity index (χ1) is 13.1. The van der Waals surface area contributed by atoms with E-state index in [2.05, 4.69) is 5.32 Å². The van der Waals surface area contributed by atoms with Crippen molar-refractivity contribution in [3.63, 3.8) is 0 Å². The topological polar surface area (TPSA) is 75.7 Å². The van der Waals surface area contributed by atoms with Gasteiger partial charge in [0.2, 0.25) is 10.0 Å². The summed E-state index contributed by atoms with van der Waals surface area (Å²) < 4.78 is 44.9. The van der Waals surface area contributed by atoms with Crippen LogP contribution in [0.2, 0.25) is 0 Å². The summed E-state index contributed by atoms with van der Waals surface area (Å²) in [6.45, 7) is 4.04. The number of nitrogens with zero attached hydrogens (tertiary/aromatic N) is 1. The highest BCUT2D eigenvalue weighted by Crippen LogP contribution is 2.23. The van der Waals surface area contributed by atoms with E-state index in [0.29, 0.717) is 18.5 Å². The normalized spacial score (nSPS) is 11.5. The predicted molar refractivity (Wildman–Crippen MR) is 106 cm³/mol. The fraction of sp³-hybridized carbons (Fsp3) is 0.350. The Morgan fingerprint density at radius 3 is 2.50 bits per heavy atom. The molecule has 1 amide bonds. The third-order valence-corrected chi connectivity index (χ3v) is 6.28. The van der Waals surface area contributed by atoms with Crippen molar-refractivity contribution in [1.82, 2.24) is 9.62 Å². The minimum absolute atomic E-state index is 0.116. The number of carbonyl (C=O) groups excluding carboxylic acids is 1. The molecule has 152 valence electrons. The fourth-order valence-corrected chi connectivity index (χ4v) is 3.76. The van der Waals surface area contributed by atoms with Gasteiger partial charge in [0.1, 0.15) is 0 Å². The molecule has 0 fully saturated rings. The van der Waals surface area contributed by atoms with Crippen LogP contribution in [-0.4, -0.2) is 45.9 Å². The van der Waals surface area contributed by atoms with Crippen LogP contribution in [0.1, 0.15) is 27.9 Å². The van der Waals surface area contributed by atoms with E-state index in [4.69, 9.17) is 4.74 Å². The van der Waals surface area contributed by atoms with Crippen LogP contribution in [0.4, 0.5) is 4.39 Å². The average molecular weight is 408 g/mol. The SMILES string of the molecule is Cc1cc(C(=O)NCCCOc2ccccc2F)cc(S(=O)(=O)N(C)C)c1C. The van der Waals surface area contributed by atoms with Gasteiger partial charge in [0.15, 0.2) is 11.6 Å². The Balaban J connectivity index is 1.99. The van der Waals surface area contributed by atoms with Gasteiger partial charge in [-0.25, -0.2) is 17.1 Å². The molecule has 6 nitrogen and oxygen atoms in total. The number of ether oxygens (including phenoxy) is 1. The second-order valence-corrected chi connectivity index (χ2v) is 8.71. The van der Waals surface area contributed by atoms with Crippen molar-refractivity contribution in [3.05, 3.63) is 58.9 Å². The molecule has 8 heteroatoms. The zero-order chi connectivity index (χ0) is 20.9. The number of aryl methyl sites for hydroxylation is 1. The van der Waals surface area contributed by atoms with Gasteiger partial charge in [-0.3, -0.25) is 4.79 Å². The number of para-hydroxylation sites is 1. The molecule has 0 saturated carbocycles. The fourth-order valence-electron chi connectivity index (χ4n) is 2.54. The molecule has 2 rings (SSSR count). The molecule has 0 saturated heterocycles. The summed E-state index contributed by atoms with van der Waals surface area (Å²) in [7, 11) is -0.750. The molecule has 0 aromatic heterocycles. The Bertz CT molecular complexity index is 959. The van der Waals surface area contributed by atoms with Gasteiger partial charge in [0.25, 0.3) is 5.91 Å². The Labute approximate surface area is 165 Å². The maximum absolute atomic E-state index is 13.5. The minimum atomic E-state index is -3.65. The van der Waals surface area contributed by atoms with Crippen molar-refractivity contribution in [1.29, 1.82) is 0 Å². The van der Waals surface area contributed by atoms with Crippen LogP contribution in [-0.2, 0) is 10.0 Å². The summed E-state index contributed by atoms with van der Waals surface area (Å²) in [6.07, 6.45) is 0.480. The molecule has 0 unspecified atom stereocenters. The van der Waals surface area contributed by atoms with Gasteiger partial charge in [0.05, 0.1) is 11.5 Å². The number of amides is 1. The summed E-state index contributed by atoms with van der Waals surface area (Å²) in [6, 6.07) is 9.17. The summed E-state index contributed by atoms with van der Waals surface area (Å²) in [5.74, 6) is -0.637. The second kappa shape index (κ2) is 9.16. The first-order valence-corrected chi connectivity index (χ1v) is 10.3. The van der Waals surface area contributed by atoms with E-state index in [1.165, 1.54) is 32.3 Å². The largest absolute Gasteiger partial charge is 0.490 e. The molecular weight excluding hydrogens is 383 g/mol. The number of nitrogens with one attached hydrogen (secondary N) is 1. The predicted octanol–water partition coefficient (Wildman–Crippen LogP) is 2.89. The van der Waals surface area contributed by atoms with Gasteiger partial charge in [-0.2, -0.15) is 0 Å². The first-order valence-electron chi connectivity index (χ1n) is 8.84. The number of hydrogen-bond acceptors (Lipinski definition) is 4. The molecule has 0 bridgehead atoms. The molecule has 28 heavy (non-hydrogen) atoms. The molecule has 0 aliphatic rings. The van der Waals surface area contributed by atoms with Crippen molar-refractivity contribution in [2.24, 2.45) is 0 Å². The molecule has 2 aromatic carbocycles. The Kier molecular flexibility index (Phi) is 7.15. The van der Waals surface area contributed by atoms with E-state index in [9.17, 15) is 17.6 Å². The van der Waals surface area contributed by atoms with Crippen LogP contribution in [0.5, 0.6) is 5.75 Å². The standard InChI is InChI=1S/C20H25FN2O4S/c1-14-12-16(13-19(15(14)2)28(25,26)23(3)4)20(24)22-10-7-11-27-18-9-6-5-8-17(18)21/h5-6,8-9,12-13H,7,10-11H2,1-4H3,(H,22,24). The van der Waals surface area contributed by atoms with E-state index in [-0.39, 0.29) is 28.7 Å². The maximum atomic E-state index is 13.5. The highest BCUT2D eigenvalue weighted by molar-refractivity contribution is 7.89. The summed E-state index contributed by atoms with van der Waals surface area (Å²) in [5.41, 5.74) is 1.61. The monoisotopic (exact) mass is 408 g/mol. The van der Waals surface area contributed by atoms with Crippen LogP contribution >= 0.6 is 0 Å². The first kappa shape index (κ1) is 21.8. The van der Waals surface area contributed by atoms with Crippen LogP contribution in [0.3, 0.4) is 0 Å². The average Bonchev–Trinajstić information content (AvgIpc) is 2.64. The summed E-state index contributed by atoms with van der Waals surface area (Å²) in [5, 5.41) is 2.73. The van der Waals surface area contributed by atoms with Gasteiger partial charge < -0.3 is 10.1 Å². The van der Waals surface area contributed by atoms with E-state index in [0.717, 1.165) is 9.87 Å². The number of benzene rings is 2. The lowest BCUT2D eigenvalue weighted by atomic mass is 10.1. The maximum Gasteiger partial charge on any atom is 0.251 e. The smallest absolute Gasteiger partial charge is 0.251 e. The zero-order valence-corrected chi connectivity index (χ0v) is 17.3. The lowest BCUT2D eigenvalue weighted by molar-refractivity contribution is 0.0951. The molecule has 0 atom stereocenters. The minimum Gasteiger partial charge on any atom is -0.490 e. The number of rotatable bonds is 8. The van der Waals surface area contributed by atoms with Crippen molar-refractivity contribution in [3.8, 4) is 5.75 Å². The third kappa shape index (κ3) is 5.08. The lowest BCUT2D eigenvalue weighted by Gasteiger charge is -2.16. The van der Waals surface area contributed by atoms with E-state index in [1.54, 1.807) is 32.0 Å². The Morgan fingerprint density at radius 1 is 1.18 bits per heavy atom. The van der Waals surface area contributed by atoms with Gasteiger partial charge in [-0.05, 0) is 55.7 Å². The van der Waals surface area contributed by atoms with Gasteiger partial charge >= 0.3 is 0 Å². The highest BCUT2D eigenvalue weighted by atomic mass is 32.2. The van der Waals surface area contributed by atoms with E-state index in [1.807, 2.05) is 0 Å². The van der Waals surface area contributed by atoms with E-state index < -0.39 is 15.8 Å². The van der Waals surface area contributed by atoms with Crippen molar-refractivity contribution in [2.75, 3.05) is 27.2 Å². The zero-order valence-electron chi connectivity index (χ0n) is 16.5. The molecular formula is C20H25FN2O4S. The van der Waals surface area contributed by atoms with Crippen molar-refractivity contribution in [2.45, 2.75) is 25.2 Å². The third-order valence-electron chi connectivity index (χ3n) is 4.34. The van der Waals surface area contributed by atoms with Gasteiger partial charge in [0, 0.05) is 26.2 Å². The molecule has 2 aromatic rings. The number of halogens is 1. The second-order valence-electron chi connectivity index (χ2n) is 6.59. The number of carbonyl (C=O) groups is 1. The van der Waals surface area contributed by atoms with Gasteiger partial charge in [-0.15, -0.1) is 0 Å². The quantitative estimate of drug-likeness (QED) is 0.682. The molecule has 1 N–H and O–H groups in total. The van der Waals surface area contributed by atoms with Crippen LogP contribution in [0.25, 0.3) is 0 Å². The molecule has 0 aliphatic heterocycles. The molecule has 0 heterocycles. The van der Waals surface area contributed by atoms with Crippen LogP contribution in [0, 0.1) is 19.7 Å². The number of sulfonamides is 1. The summed E-state index contributed by atoms with van der Waals surface area (Å²) >= 11 is 0. The van der Waals surface area contributed by atoms with E-state index >= 15 is 0 Å². The van der Waals surface area contributed by atoms with Gasteiger partial charge in [-0.1, -0.05) is 12.1 Å². The molecule has 0 radical (unpaired) electrons. The van der Waals surface area contributed by atoms with Crippen molar-refractivity contribution < 1.29 is 22.3 Å². The Hall–Kier alpha value is -2.45. The molecule has 0 spiro atoms. The van der Waals surface area contributed by atoms with Crippen LogP contribution < -0.4 is 10.1 Å². The highest BCUT2D eigenvalue weighted by Gasteiger charge is 2.22.